The quantitative estimate of drug-likeness (QED) is 0.505. The minimum absolute atomic E-state index is 0.0790. The molecule has 0 aliphatic carbocycles. The van der Waals surface area contributed by atoms with Crippen molar-refractivity contribution in [3.05, 3.63) is 30.1 Å². The normalized spacial score (nSPS) is 20.5. The molecule has 1 heterocycles. The number of ether oxygens (including phenoxy) is 2. The average Bonchev–Trinajstić information content (AvgIpc) is 3.01. The van der Waals surface area contributed by atoms with Crippen LogP contribution in [0.25, 0.3) is 0 Å². The maximum Gasteiger partial charge on any atom is 0.193 e. The van der Waals surface area contributed by atoms with Gasteiger partial charge in [0.15, 0.2) is 8.32 Å². The number of hydrogen-bond acceptors (Lipinski definition) is 3. The van der Waals surface area contributed by atoms with Crippen molar-refractivity contribution in [1.29, 1.82) is 0 Å². The monoisotopic (exact) mass is 378 g/mol. The van der Waals surface area contributed by atoms with Gasteiger partial charge in [-0.1, -0.05) is 32.6 Å². The van der Waals surface area contributed by atoms with E-state index in [4.69, 9.17) is 13.9 Å². The topological polar surface area (TPSA) is 27.7 Å². The third-order valence-electron chi connectivity index (χ3n) is 5.21. The van der Waals surface area contributed by atoms with Gasteiger partial charge in [-0.25, -0.2) is 4.39 Å². The third kappa shape index (κ3) is 6.42. The minimum atomic E-state index is -1.72. The fourth-order valence-electron chi connectivity index (χ4n) is 2.44. The van der Waals surface area contributed by atoms with Crippen LogP contribution >= 0.6 is 0 Å². The summed E-state index contributed by atoms with van der Waals surface area (Å²) in [7, 11) is -1.72. The molecule has 0 N–H and O–H groups in total. The molecule has 26 heavy (non-hydrogen) atoms. The van der Waals surface area contributed by atoms with Crippen LogP contribution in [0.1, 0.15) is 40.0 Å². The summed E-state index contributed by atoms with van der Waals surface area (Å²) >= 11 is 0. The lowest BCUT2D eigenvalue weighted by Crippen LogP contribution is -2.40. The van der Waals surface area contributed by atoms with Gasteiger partial charge >= 0.3 is 0 Å². The lowest BCUT2D eigenvalue weighted by molar-refractivity contribution is 0.0205. The highest BCUT2D eigenvalue weighted by Crippen LogP contribution is 2.36. The summed E-state index contributed by atoms with van der Waals surface area (Å²) in [4.78, 5) is 0. The van der Waals surface area contributed by atoms with Gasteiger partial charge in [-0.15, -0.1) is 0 Å². The van der Waals surface area contributed by atoms with Crippen LogP contribution in [-0.4, -0.2) is 33.7 Å². The predicted octanol–water partition coefficient (Wildman–Crippen LogP) is 5.17. The lowest BCUT2D eigenvalue weighted by Gasteiger charge is -2.35. The van der Waals surface area contributed by atoms with E-state index in [2.05, 4.69) is 45.7 Å². The molecule has 2 rings (SSSR count). The smallest absolute Gasteiger partial charge is 0.193 e. The Morgan fingerprint density at radius 3 is 2.42 bits per heavy atom. The predicted molar refractivity (Wildman–Crippen MR) is 105 cm³/mol. The van der Waals surface area contributed by atoms with Gasteiger partial charge in [0.05, 0.1) is 18.8 Å². The van der Waals surface area contributed by atoms with Crippen molar-refractivity contribution >= 4 is 8.32 Å². The fraction of sp³-hybridized carbons (Fsp3) is 0.619. The molecule has 0 saturated carbocycles. The standard InChI is InChI=1S/C21H31FO3Si/c1-21(2,3)26(4,5)24-15-7-6-8-19-13-14-20(25-19)16-23-18-11-9-17(22)10-12-18/h9-12,19-20H,8,13-16H2,1-5H3/t19-,20+/m1/s1. The van der Waals surface area contributed by atoms with E-state index in [1.54, 1.807) is 12.1 Å². The first-order chi connectivity index (χ1) is 12.2. The van der Waals surface area contributed by atoms with Gasteiger partial charge in [-0.3, -0.25) is 0 Å². The average molecular weight is 379 g/mol. The summed E-state index contributed by atoms with van der Waals surface area (Å²) in [6, 6.07) is 6.06. The summed E-state index contributed by atoms with van der Waals surface area (Å²) in [5.41, 5.74) is 0. The summed E-state index contributed by atoms with van der Waals surface area (Å²) in [5, 5.41) is 0.209. The van der Waals surface area contributed by atoms with Gasteiger partial charge < -0.3 is 13.9 Å². The Bertz CT molecular complexity index is 625. The molecule has 1 aliphatic rings. The Hall–Kier alpha value is -1.35. The van der Waals surface area contributed by atoms with Gasteiger partial charge in [-0.2, -0.15) is 0 Å². The molecule has 0 radical (unpaired) electrons. The zero-order valence-corrected chi connectivity index (χ0v) is 17.6. The second-order valence-electron chi connectivity index (χ2n) is 8.33. The largest absolute Gasteiger partial charge is 0.491 e. The second kappa shape index (κ2) is 9.03. The molecule has 1 aliphatic heterocycles. The Balaban J connectivity index is 1.66. The first-order valence-electron chi connectivity index (χ1n) is 9.31. The van der Waals surface area contributed by atoms with Crippen LogP contribution in [-0.2, 0) is 9.16 Å². The summed E-state index contributed by atoms with van der Waals surface area (Å²) in [5.74, 6) is 6.73. The molecule has 0 spiro atoms. The van der Waals surface area contributed by atoms with Crippen LogP contribution in [0.15, 0.2) is 24.3 Å². The van der Waals surface area contributed by atoms with E-state index >= 15 is 0 Å². The van der Waals surface area contributed by atoms with Crippen molar-refractivity contribution < 1.29 is 18.3 Å². The zero-order chi connectivity index (χ0) is 19.2. The van der Waals surface area contributed by atoms with E-state index in [1.807, 2.05) is 0 Å². The molecule has 0 aromatic heterocycles. The van der Waals surface area contributed by atoms with E-state index in [9.17, 15) is 4.39 Å². The van der Waals surface area contributed by atoms with Crippen LogP contribution in [0.2, 0.25) is 18.1 Å². The summed E-state index contributed by atoms with van der Waals surface area (Å²) in [6.45, 7) is 12.2. The van der Waals surface area contributed by atoms with Crippen molar-refractivity contribution in [2.24, 2.45) is 0 Å². The van der Waals surface area contributed by atoms with E-state index in [0.717, 1.165) is 19.3 Å². The van der Waals surface area contributed by atoms with Crippen LogP contribution in [0.5, 0.6) is 5.75 Å². The van der Waals surface area contributed by atoms with Crippen LogP contribution < -0.4 is 4.74 Å². The van der Waals surface area contributed by atoms with Gasteiger partial charge in [0.25, 0.3) is 0 Å². The first kappa shape index (κ1) is 21.0. The Kier molecular flexibility index (Phi) is 7.28. The van der Waals surface area contributed by atoms with Crippen molar-refractivity contribution in [3.8, 4) is 17.6 Å². The lowest BCUT2D eigenvalue weighted by atomic mass is 10.1. The van der Waals surface area contributed by atoms with Crippen LogP contribution in [0, 0.1) is 17.7 Å². The van der Waals surface area contributed by atoms with E-state index in [0.29, 0.717) is 19.0 Å². The van der Waals surface area contributed by atoms with E-state index in [1.165, 1.54) is 12.1 Å². The highest BCUT2D eigenvalue weighted by atomic mass is 28.4. The minimum Gasteiger partial charge on any atom is -0.491 e. The number of hydrogen-bond donors (Lipinski definition) is 0. The highest BCUT2D eigenvalue weighted by Gasteiger charge is 2.36. The summed E-state index contributed by atoms with van der Waals surface area (Å²) < 4.78 is 30.6. The highest BCUT2D eigenvalue weighted by molar-refractivity contribution is 6.74. The maximum atomic E-state index is 12.9. The molecule has 144 valence electrons. The molecule has 3 nitrogen and oxygen atoms in total. The molecule has 0 amide bonds. The third-order valence-corrected chi connectivity index (χ3v) is 9.69. The molecular formula is C21H31FO3Si. The molecule has 0 unspecified atom stereocenters. The van der Waals surface area contributed by atoms with Crippen molar-refractivity contribution in [1.82, 2.24) is 0 Å². The summed E-state index contributed by atoms with van der Waals surface area (Å²) in [6.07, 6.45) is 2.93. The van der Waals surface area contributed by atoms with Crippen molar-refractivity contribution in [2.45, 2.75) is 70.4 Å². The molecule has 1 aromatic rings. The van der Waals surface area contributed by atoms with Crippen molar-refractivity contribution in [3.63, 3.8) is 0 Å². The molecule has 1 aromatic carbocycles. The van der Waals surface area contributed by atoms with Crippen LogP contribution in [0.4, 0.5) is 4.39 Å². The van der Waals surface area contributed by atoms with Gasteiger partial charge in [0.2, 0.25) is 0 Å². The Morgan fingerprint density at radius 1 is 1.12 bits per heavy atom. The molecule has 0 bridgehead atoms. The first-order valence-corrected chi connectivity index (χ1v) is 12.2. The number of halogens is 1. The Morgan fingerprint density at radius 2 is 1.77 bits per heavy atom. The fourth-order valence-corrected chi connectivity index (χ4v) is 3.31. The van der Waals surface area contributed by atoms with E-state index in [-0.39, 0.29) is 23.1 Å². The zero-order valence-electron chi connectivity index (χ0n) is 16.6. The van der Waals surface area contributed by atoms with Crippen LogP contribution in [0.3, 0.4) is 0 Å². The van der Waals surface area contributed by atoms with Gasteiger partial charge in [0, 0.05) is 6.42 Å². The molecule has 5 heteroatoms. The molecular weight excluding hydrogens is 347 g/mol. The van der Waals surface area contributed by atoms with E-state index < -0.39 is 8.32 Å². The van der Waals surface area contributed by atoms with Crippen molar-refractivity contribution in [2.75, 3.05) is 13.2 Å². The SMILES string of the molecule is CC(C)(C)[Si](C)(C)OCC#CC[C@@H]1CC[C@@H](COc2ccc(F)cc2)O1. The maximum absolute atomic E-state index is 12.9. The molecule has 1 fully saturated rings. The van der Waals surface area contributed by atoms with Gasteiger partial charge in [-0.05, 0) is 55.2 Å². The number of benzene rings is 1. The molecule has 1 saturated heterocycles. The number of rotatable bonds is 6. The molecule has 2 atom stereocenters. The Labute approximate surface area is 158 Å². The second-order valence-corrected chi connectivity index (χ2v) is 13.1. The van der Waals surface area contributed by atoms with Gasteiger partial charge in [0.1, 0.15) is 18.2 Å².